The van der Waals surface area contributed by atoms with Gasteiger partial charge in [-0.1, -0.05) is 5.16 Å². The summed E-state index contributed by atoms with van der Waals surface area (Å²) in [6, 6.07) is 16.7. The summed E-state index contributed by atoms with van der Waals surface area (Å²) in [5.74, 6) is 1.28. The van der Waals surface area contributed by atoms with Crippen LogP contribution in [0, 0.1) is 0 Å². The van der Waals surface area contributed by atoms with E-state index in [9.17, 15) is 4.79 Å². The van der Waals surface area contributed by atoms with Crippen molar-refractivity contribution >= 4 is 11.6 Å². The minimum absolute atomic E-state index is 0.149. The third-order valence-electron chi connectivity index (χ3n) is 4.01. The number of hydrogen-bond donors (Lipinski definition) is 1. The first-order valence-electron chi connectivity index (χ1n) is 8.22. The second-order valence-electron chi connectivity index (χ2n) is 6.03. The lowest BCUT2D eigenvalue weighted by atomic mass is 10.1. The van der Waals surface area contributed by atoms with Crippen molar-refractivity contribution < 1.29 is 14.1 Å². The molecule has 26 heavy (non-hydrogen) atoms. The summed E-state index contributed by atoms with van der Waals surface area (Å²) in [5.41, 5.74) is 3.21. The van der Waals surface area contributed by atoms with Crippen molar-refractivity contribution in [1.82, 2.24) is 10.5 Å². The number of nitrogens with one attached hydrogen (secondary N) is 1. The van der Waals surface area contributed by atoms with Crippen molar-refractivity contribution in [3.8, 4) is 17.1 Å². The van der Waals surface area contributed by atoms with Gasteiger partial charge in [0, 0.05) is 37.0 Å². The number of rotatable bonds is 6. The van der Waals surface area contributed by atoms with Crippen LogP contribution >= 0.6 is 0 Å². The molecule has 3 aromatic rings. The standard InChI is InChI=1S/C20H21N3O3/c1-23(2)17-8-4-15(5-9-17)20(24)21-13-16-12-19(26-22-16)14-6-10-18(25-3)11-7-14/h4-12H,13H2,1-3H3,(H,21,24). The molecule has 1 heterocycles. The zero-order chi connectivity index (χ0) is 18.5. The largest absolute Gasteiger partial charge is 0.497 e. The van der Waals surface area contributed by atoms with Crippen LogP contribution in [0.15, 0.2) is 59.1 Å². The van der Waals surface area contributed by atoms with Gasteiger partial charge in [-0.25, -0.2) is 0 Å². The Balaban J connectivity index is 1.61. The van der Waals surface area contributed by atoms with Crippen molar-refractivity contribution in [2.75, 3.05) is 26.1 Å². The Morgan fingerprint density at radius 1 is 1.12 bits per heavy atom. The Kier molecular flexibility index (Phi) is 5.22. The number of anilines is 1. The summed E-state index contributed by atoms with van der Waals surface area (Å²) in [6.07, 6.45) is 0. The van der Waals surface area contributed by atoms with Crippen LogP contribution in [0.1, 0.15) is 16.1 Å². The van der Waals surface area contributed by atoms with Crippen LogP contribution in [0.4, 0.5) is 5.69 Å². The molecule has 0 unspecified atom stereocenters. The normalized spacial score (nSPS) is 10.4. The van der Waals surface area contributed by atoms with Gasteiger partial charge in [0.05, 0.1) is 13.7 Å². The van der Waals surface area contributed by atoms with Crippen LogP contribution < -0.4 is 15.0 Å². The second-order valence-corrected chi connectivity index (χ2v) is 6.03. The lowest BCUT2D eigenvalue weighted by Gasteiger charge is -2.12. The molecule has 0 aliphatic carbocycles. The number of aromatic nitrogens is 1. The van der Waals surface area contributed by atoms with Crippen LogP contribution in [-0.2, 0) is 6.54 Å². The predicted molar refractivity (Wildman–Crippen MR) is 100 cm³/mol. The summed E-state index contributed by atoms with van der Waals surface area (Å²) in [4.78, 5) is 14.2. The van der Waals surface area contributed by atoms with E-state index in [2.05, 4.69) is 10.5 Å². The number of nitrogens with zero attached hydrogens (tertiary/aromatic N) is 2. The Labute approximate surface area is 152 Å². The highest BCUT2D eigenvalue weighted by atomic mass is 16.5. The van der Waals surface area contributed by atoms with Gasteiger partial charge in [0.2, 0.25) is 0 Å². The van der Waals surface area contributed by atoms with E-state index in [1.807, 2.05) is 61.5 Å². The smallest absolute Gasteiger partial charge is 0.251 e. The van der Waals surface area contributed by atoms with E-state index in [1.54, 1.807) is 19.2 Å². The molecule has 1 N–H and O–H groups in total. The molecule has 0 aliphatic rings. The van der Waals surface area contributed by atoms with E-state index in [0.29, 0.717) is 23.6 Å². The fourth-order valence-electron chi connectivity index (χ4n) is 2.47. The van der Waals surface area contributed by atoms with Gasteiger partial charge >= 0.3 is 0 Å². The van der Waals surface area contributed by atoms with Gasteiger partial charge in [-0.2, -0.15) is 0 Å². The van der Waals surface area contributed by atoms with E-state index < -0.39 is 0 Å². The summed E-state index contributed by atoms with van der Waals surface area (Å²) in [5, 5.41) is 6.86. The fourth-order valence-corrected chi connectivity index (χ4v) is 2.47. The first-order chi connectivity index (χ1) is 12.6. The quantitative estimate of drug-likeness (QED) is 0.738. The van der Waals surface area contributed by atoms with E-state index >= 15 is 0 Å². The molecule has 0 bridgehead atoms. The van der Waals surface area contributed by atoms with Crippen LogP contribution in [-0.4, -0.2) is 32.3 Å². The molecule has 2 aromatic carbocycles. The summed E-state index contributed by atoms with van der Waals surface area (Å²) < 4.78 is 10.5. The van der Waals surface area contributed by atoms with Crippen LogP contribution in [0.2, 0.25) is 0 Å². The minimum atomic E-state index is -0.149. The molecule has 1 amide bonds. The van der Waals surface area contributed by atoms with Crippen molar-refractivity contribution in [3.05, 3.63) is 65.9 Å². The molecule has 0 fully saturated rings. The van der Waals surface area contributed by atoms with Gasteiger partial charge in [0.1, 0.15) is 11.4 Å². The number of hydrogen-bond acceptors (Lipinski definition) is 5. The van der Waals surface area contributed by atoms with Crippen molar-refractivity contribution in [1.29, 1.82) is 0 Å². The molecule has 0 atom stereocenters. The molecule has 0 aliphatic heterocycles. The van der Waals surface area contributed by atoms with E-state index in [1.165, 1.54) is 0 Å². The Bertz CT molecular complexity index is 868. The lowest BCUT2D eigenvalue weighted by Crippen LogP contribution is -2.23. The minimum Gasteiger partial charge on any atom is -0.497 e. The molecule has 6 nitrogen and oxygen atoms in total. The SMILES string of the molecule is COc1ccc(-c2cc(CNC(=O)c3ccc(N(C)C)cc3)no2)cc1. The van der Waals surface area contributed by atoms with Crippen molar-refractivity contribution in [2.24, 2.45) is 0 Å². The van der Waals surface area contributed by atoms with Crippen LogP contribution in [0.25, 0.3) is 11.3 Å². The van der Waals surface area contributed by atoms with E-state index in [-0.39, 0.29) is 5.91 Å². The Morgan fingerprint density at radius 3 is 2.42 bits per heavy atom. The van der Waals surface area contributed by atoms with E-state index in [4.69, 9.17) is 9.26 Å². The third-order valence-corrected chi connectivity index (χ3v) is 4.01. The zero-order valence-corrected chi connectivity index (χ0v) is 15.0. The fraction of sp³-hybridized carbons (Fsp3) is 0.200. The number of ether oxygens (including phenoxy) is 1. The number of methoxy groups -OCH3 is 1. The molecule has 3 rings (SSSR count). The Hall–Kier alpha value is -3.28. The number of carbonyl (C=O) groups is 1. The summed E-state index contributed by atoms with van der Waals surface area (Å²) >= 11 is 0. The third kappa shape index (κ3) is 4.03. The Morgan fingerprint density at radius 2 is 1.81 bits per heavy atom. The highest BCUT2D eigenvalue weighted by Gasteiger charge is 2.10. The summed E-state index contributed by atoms with van der Waals surface area (Å²) in [7, 11) is 5.54. The van der Waals surface area contributed by atoms with Crippen molar-refractivity contribution in [3.63, 3.8) is 0 Å². The maximum atomic E-state index is 12.2. The van der Waals surface area contributed by atoms with Crippen LogP contribution in [0.3, 0.4) is 0 Å². The predicted octanol–water partition coefficient (Wildman–Crippen LogP) is 3.35. The van der Waals surface area contributed by atoms with Gasteiger partial charge < -0.3 is 19.5 Å². The highest BCUT2D eigenvalue weighted by Crippen LogP contribution is 2.23. The van der Waals surface area contributed by atoms with Gasteiger partial charge in [0.25, 0.3) is 5.91 Å². The zero-order valence-electron chi connectivity index (χ0n) is 15.0. The molecular weight excluding hydrogens is 330 g/mol. The van der Waals surface area contributed by atoms with Gasteiger partial charge in [-0.15, -0.1) is 0 Å². The average Bonchev–Trinajstić information content (AvgIpc) is 3.15. The molecule has 6 heteroatoms. The molecule has 0 saturated carbocycles. The molecule has 0 spiro atoms. The first-order valence-corrected chi connectivity index (χ1v) is 8.22. The molecule has 1 aromatic heterocycles. The van der Waals surface area contributed by atoms with E-state index in [0.717, 1.165) is 17.0 Å². The van der Waals surface area contributed by atoms with Gasteiger partial charge in [-0.05, 0) is 48.5 Å². The summed E-state index contributed by atoms with van der Waals surface area (Å²) in [6.45, 7) is 0.300. The number of benzene rings is 2. The number of carbonyl (C=O) groups excluding carboxylic acids is 1. The average molecular weight is 351 g/mol. The van der Waals surface area contributed by atoms with Gasteiger partial charge in [0.15, 0.2) is 5.76 Å². The monoisotopic (exact) mass is 351 g/mol. The first kappa shape index (κ1) is 17.5. The highest BCUT2D eigenvalue weighted by molar-refractivity contribution is 5.94. The molecule has 134 valence electrons. The maximum Gasteiger partial charge on any atom is 0.251 e. The van der Waals surface area contributed by atoms with Gasteiger partial charge in [-0.3, -0.25) is 4.79 Å². The topological polar surface area (TPSA) is 67.6 Å². The maximum absolute atomic E-state index is 12.2. The lowest BCUT2D eigenvalue weighted by molar-refractivity contribution is 0.0950. The molecule has 0 radical (unpaired) electrons. The number of amides is 1. The molecular formula is C20H21N3O3. The van der Waals surface area contributed by atoms with Crippen molar-refractivity contribution in [2.45, 2.75) is 6.54 Å². The van der Waals surface area contributed by atoms with Crippen LogP contribution in [0.5, 0.6) is 5.75 Å². The molecule has 0 saturated heterocycles. The second kappa shape index (κ2) is 7.74.